The zero-order chi connectivity index (χ0) is 28.6. The summed E-state index contributed by atoms with van der Waals surface area (Å²) in [7, 11) is 3.76. The molecule has 212 valence electrons. The summed E-state index contributed by atoms with van der Waals surface area (Å²) < 4.78 is 11.8. The molecule has 0 aliphatic carbocycles. The van der Waals surface area contributed by atoms with Gasteiger partial charge in [-0.15, -0.1) is 45.3 Å². The number of benzene rings is 1. The van der Waals surface area contributed by atoms with Gasteiger partial charge in [-0.2, -0.15) is 0 Å². The van der Waals surface area contributed by atoms with Crippen LogP contribution in [0.2, 0.25) is 0 Å². The summed E-state index contributed by atoms with van der Waals surface area (Å²) in [4.78, 5) is 36.3. The first-order valence-corrected chi connectivity index (χ1v) is 16.3. The van der Waals surface area contributed by atoms with Crippen LogP contribution in [0.4, 0.5) is 15.3 Å². The Labute approximate surface area is 255 Å². The number of rotatable bonds is 11. The lowest BCUT2D eigenvalue weighted by Crippen LogP contribution is -2.32. The number of hydrogen-bond acceptors (Lipinski definition) is 9. The SMILES string of the molecule is CN(C)c1cc(OC(=O)N(Cc2cccs2)Cc2cccs2)cc(OC(=O)N(Cc2cccs2)Cc2cccs2)c1. The molecule has 11 heteroatoms. The standard InChI is InChI=1S/C30H29N3O4S4/c1-31(2)22-15-23(36-29(34)32(18-25-7-3-11-38-25)19-26-8-4-12-39-26)17-24(16-22)37-30(35)33(20-27-9-5-13-40-27)21-28-10-6-14-41-28/h3-17H,18-21H2,1-2H3. The van der Waals surface area contributed by atoms with Gasteiger partial charge in [-0.25, -0.2) is 9.59 Å². The Hall–Kier alpha value is -3.64. The quantitative estimate of drug-likeness (QED) is 0.148. The largest absolute Gasteiger partial charge is 0.415 e. The molecule has 0 aliphatic heterocycles. The number of anilines is 1. The van der Waals surface area contributed by atoms with Gasteiger partial charge in [0.15, 0.2) is 0 Å². The Morgan fingerprint density at radius 1 is 0.585 bits per heavy atom. The molecule has 5 rings (SSSR count). The average molecular weight is 624 g/mol. The molecule has 0 spiro atoms. The normalized spacial score (nSPS) is 10.8. The van der Waals surface area contributed by atoms with Gasteiger partial charge >= 0.3 is 12.2 Å². The Bertz CT molecular complexity index is 1330. The van der Waals surface area contributed by atoms with Crippen molar-refractivity contribution in [3.8, 4) is 11.5 Å². The maximum Gasteiger partial charge on any atom is 0.415 e. The summed E-state index contributed by atoms with van der Waals surface area (Å²) in [6, 6.07) is 21.0. The van der Waals surface area contributed by atoms with Gasteiger partial charge in [-0.1, -0.05) is 24.3 Å². The molecule has 0 N–H and O–H groups in total. The molecule has 41 heavy (non-hydrogen) atoms. The number of thiophene rings is 4. The van der Waals surface area contributed by atoms with Crippen LogP contribution >= 0.6 is 45.3 Å². The first-order chi connectivity index (χ1) is 19.9. The summed E-state index contributed by atoms with van der Waals surface area (Å²) in [5, 5.41) is 7.97. The number of carbonyl (C=O) groups excluding carboxylic acids is 2. The third kappa shape index (κ3) is 8.20. The van der Waals surface area contributed by atoms with E-state index in [0.717, 1.165) is 25.2 Å². The third-order valence-electron chi connectivity index (χ3n) is 6.02. The Morgan fingerprint density at radius 2 is 0.927 bits per heavy atom. The number of nitrogens with zero attached hydrogens (tertiary/aromatic N) is 3. The van der Waals surface area contributed by atoms with E-state index >= 15 is 0 Å². The van der Waals surface area contributed by atoms with Crippen LogP contribution in [0.3, 0.4) is 0 Å². The number of hydrogen-bond donors (Lipinski definition) is 0. The van der Waals surface area contributed by atoms with Gasteiger partial charge in [0.1, 0.15) is 11.5 Å². The molecular formula is C30H29N3O4S4. The number of carbonyl (C=O) groups is 2. The molecule has 0 atom stereocenters. The summed E-state index contributed by atoms with van der Waals surface area (Å²) in [5.74, 6) is 0.601. The molecule has 1 aromatic carbocycles. The van der Waals surface area contributed by atoms with Crippen LogP contribution in [0.5, 0.6) is 11.5 Å². The predicted molar refractivity (Wildman–Crippen MR) is 169 cm³/mol. The average Bonchev–Trinajstić information content (AvgIpc) is 3.77. The minimum Gasteiger partial charge on any atom is -0.410 e. The van der Waals surface area contributed by atoms with Crippen molar-refractivity contribution in [3.05, 3.63) is 108 Å². The minimum atomic E-state index is -0.475. The Morgan fingerprint density at radius 3 is 1.20 bits per heavy atom. The van der Waals surface area contributed by atoms with E-state index < -0.39 is 12.2 Å². The monoisotopic (exact) mass is 623 g/mol. The molecule has 0 radical (unpaired) electrons. The summed E-state index contributed by atoms with van der Waals surface area (Å²) >= 11 is 6.38. The smallest absolute Gasteiger partial charge is 0.410 e. The number of ether oxygens (including phenoxy) is 2. The number of amides is 2. The maximum atomic E-state index is 13.4. The van der Waals surface area contributed by atoms with Crippen molar-refractivity contribution in [1.82, 2.24) is 9.80 Å². The molecule has 5 aromatic rings. The van der Waals surface area contributed by atoms with Crippen molar-refractivity contribution >= 4 is 63.2 Å². The topological polar surface area (TPSA) is 62.3 Å². The fraction of sp³-hybridized carbons (Fsp3) is 0.200. The van der Waals surface area contributed by atoms with Crippen LogP contribution in [-0.2, 0) is 26.2 Å². The van der Waals surface area contributed by atoms with Crippen LogP contribution < -0.4 is 14.4 Å². The second kappa shape index (κ2) is 13.8. The van der Waals surface area contributed by atoms with Gasteiger partial charge in [0.2, 0.25) is 0 Å². The molecule has 0 aliphatic rings. The lowest BCUT2D eigenvalue weighted by atomic mass is 10.2. The summed E-state index contributed by atoms with van der Waals surface area (Å²) in [5.41, 5.74) is 0.740. The molecule has 0 fully saturated rings. The van der Waals surface area contributed by atoms with E-state index in [1.54, 1.807) is 73.3 Å². The van der Waals surface area contributed by atoms with Gasteiger partial charge in [-0.3, -0.25) is 9.80 Å². The zero-order valence-electron chi connectivity index (χ0n) is 22.6. The zero-order valence-corrected chi connectivity index (χ0v) is 25.9. The van der Waals surface area contributed by atoms with Crippen molar-refractivity contribution in [1.29, 1.82) is 0 Å². The lowest BCUT2D eigenvalue weighted by molar-refractivity contribution is 0.145. The van der Waals surface area contributed by atoms with Crippen molar-refractivity contribution in [2.45, 2.75) is 26.2 Å². The minimum absolute atomic E-state index is 0.300. The maximum absolute atomic E-state index is 13.4. The van der Waals surface area contributed by atoms with Crippen molar-refractivity contribution in [2.24, 2.45) is 0 Å². The fourth-order valence-electron chi connectivity index (χ4n) is 4.00. The highest BCUT2D eigenvalue weighted by atomic mass is 32.1. The molecule has 0 saturated carbocycles. The van der Waals surface area contributed by atoms with Crippen LogP contribution in [0.25, 0.3) is 0 Å². The van der Waals surface area contributed by atoms with E-state index in [9.17, 15) is 9.59 Å². The molecule has 2 amide bonds. The van der Waals surface area contributed by atoms with E-state index in [0.29, 0.717) is 37.7 Å². The van der Waals surface area contributed by atoms with Crippen LogP contribution in [0, 0.1) is 0 Å². The molecule has 7 nitrogen and oxygen atoms in total. The van der Waals surface area contributed by atoms with E-state index in [1.807, 2.05) is 89.0 Å². The van der Waals surface area contributed by atoms with E-state index in [1.165, 1.54) is 0 Å². The van der Waals surface area contributed by atoms with Crippen molar-refractivity contribution in [2.75, 3.05) is 19.0 Å². The second-order valence-corrected chi connectivity index (χ2v) is 13.5. The molecular weight excluding hydrogens is 595 g/mol. The first kappa shape index (κ1) is 28.9. The lowest BCUT2D eigenvalue weighted by Gasteiger charge is -2.23. The van der Waals surface area contributed by atoms with E-state index in [2.05, 4.69) is 0 Å². The highest BCUT2D eigenvalue weighted by molar-refractivity contribution is 7.10. The second-order valence-electron chi connectivity index (χ2n) is 9.32. The van der Waals surface area contributed by atoms with Gasteiger partial charge < -0.3 is 14.4 Å². The van der Waals surface area contributed by atoms with Gasteiger partial charge in [0.05, 0.1) is 26.2 Å². The molecule has 0 unspecified atom stereocenters. The fourth-order valence-corrected chi connectivity index (χ4v) is 6.87. The molecule has 4 heterocycles. The molecule has 0 saturated heterocycles. The van der Waals surface area contributed by atoms with Gasteiger partial charge in [0.25, 0.3) is 0 Å². The van der Waals surface area contributed by atoms with Crippen molar-refractivity contribution in [3.63, 3.8) is 0 Å². The molecule has 0 bridgehead atoms. The highest BCUT2D eigenvalue weighted by Gasteiger charge is 2.22. The third-order valence-corrected chi connectivity index (χ3v) is 9.46. The Kier molecular flexibility index (Phi) is 9.73. The van der Waals surface area contributed by atoms with Crippen molar-refractivity contribution < 1.29 is 19.1 Å². The summed E-state index contributed by atoms with van der Waals surface area (Å²) in [6.07, 6.45) is -0.950. The van der Waals surface area contributed by atoms with Crippen LogP contribution in [0.1, 0.15) is 19.5 Å². The van der Waals surface area contributed by atoms with Crippen LogP contribution in [-0.4, -0.2) is 36.1 Å². The van der Waals surface area contributed by atoms with Gasteiger partial charge in [0, 0.05) is 57.5 Å². The Balaban J connectivity index is 1.35. The van der Waals surface area contributed by atoms with E-state index in [4.69, 9.17) is 9.47 Å². The van der Waals surface area contributed by atoms with Gasteiger partial charge in [-0.05, 0) is 45.8 Å². The predicted octanol–water partition coefficient (Wildman–Crippen LogP) is 8.40. The molecule has 4 aromatic heterocycles. The van der Waals surface area contributed by atoms with Crippen LogP contribution in [0.15, 0.2) is 88.3 Å². The first-order valence-electron chi connectivity index (χ1n) is 12.8. The van der Waals surface area contributed by atoms with E-state index in [-0.39, 0.29) is 0 Å². The summed E-state index contributed by atoms with van der Waals surface area (Å²) in [6.45, 7) is 1.74. The highest BCUT2D eigenvalue weighted by Crippen LogP contribution is 2.30.